The van der Waals surface area contributed by atoms with E-state index in [9.17, 15) is 0 Å². The first-order chi connectivity index (χ1) is 3.93. The number of rotatable bonds is 0. The van der Waals surface area contributed by atoms with E-state index in [1.807, 2.05) is 12.1 Å². The molecule has 1 aromatic heterocycles. The Bertz CT molecular complexity index is 200. The molecule has 0 aliphatic heterocycles. The van der Waals surface area contributed by atoms with E-state index in [0.717, 1.165) is 0 Å². The van der Waals surface area contributed by atoms with Crippen LogP contribution < -0.4 is 0 Å². The molecule has 1 heterocycles. The van der Waals surface area contributed by atoms with Gasteiger partial charge in [-0.15, -0.1) is 23.4 Å². The molecule has 0 spiro atoms. The van der Waals surface area contributed by atoms with Crippen LogP contribution in [0.3, 0.4) is 0 Å². The standard InChI is InChI=1S/C7H5N.BrH/c1-2-7-5-3-4-6-8-7;/h1,3-6H;1H. The summed E-state index contributed by atoms with van der Waals surface area (Å²) in [6, 6.07) is 5.49. The molecule has 0 aliphatic carbocycles. The van der Waals surface area contributed by atoms with Crippen LogP contribution >= 0.6 is 17.0 Å². The Kier molecular flexibility index (Phi) is 3.74. The minimum absolute atomic E-state index is 0. The van der Waals surface area contributed by atoms with Crippen molar-refractivity contribution in [1.29, 1.82) is 0 Å². The van der Waals surface area contributed by atoms with Gasteiger partial charge in [-0.25, -0.2) is 4.98 Å². The van der Waals surface area contributed by atoms with Gasteiger partial charge in [-0.3, -0.25) is 0 Å². The van der Waals surface area contributed by atoms with Gasteiger partial charge in [0.1, 0.15) is 5.69 Å². The Morgan fingerprint density at radius 3 is 2.56 bits per heavy atom. The molecule has 46 valence electrons. The van der Waals surface area contributed by atoms with E-state index >= 15 is 0 Å². The van der Waals surface area contributed by atoms with Crippen molar-refractivity contribution in [3.05, 3.63) is 30.1 Å². The molecule has 1 nitrogen and oxygen atoms in total. The number of halogens is 1. The number of hydrogen-bond acceptors (Lipinski definition) is 1. The van der Waals surface area contributed by atoms with Crippen molar-refractivity contribution in [3.63, 3.8) is 0 Å². The van der Waals surface area contributed by atoms with Crippen LogP contribution in [-0.4, -0.2) is 4.98 Å². The molecule has 0 atom stereocenters. The number of aromatic nitrogens is 1. The van der Waals surface area contributed by atoms with Crippen LogP contribution in [0.25, 0.3) is 0 Å². The van der Waals surface area contributed by atoms with Crippen LogP contribution in [0.4, 0.5) is 0 Å². The summed E-state index contributed by atoms with van der Waals surface area (Å²) in [6.07, 6.45) is 6.71. The van der Waals surface area contributed by atoms with Crippen LogP contribution in [0.2, 0.25) is 0 Å². The van der Waals surface area contributed by atoms with Crippen LogP contribution in [0.5, 0.6) is 0 Å². The zero-order chi connectivity index (χ0) is 5.82. The van der Waals surface area contributed by atoms with Gasteiger partial charge < -0.3 is 0 Å². The fourth-order valence-corrected chi connectivity index (χ4v) is 0.448. The second kappa shape index (κ2) is 4.11. The summed E-state index contributed by atoms with van der Waals surface area (Å²) < 4.78 is 0. The summed E-state index contributed by atoms with van der Waals surface area (Å²) in [5.74, 6) is 2.42. The molecule has 0 N–H and O–H groups in total. The molecular weight excluding hydrogens is 178 g/mol. The summed E-state index contributed by atoms with van der Waals surface area (Å²) in [5, 5.41) is 0. The van der Waals surface area contributed by atoms with E-state index in [0.29, 0.717) is 5.69 Å². The van der Waals surface area contributed by atoms with Crippen LogP contribution in [0.1, 0.15) is 5.69 Å². The Hall–Kier alpha value is -0.810. The summed E-state index contributed by atoms with van der Waals surface area (Å²) in [4.78, 5) is 3.86. The van der Waals surface area contributed by atoms with Gasteiger partial charge in [0.25, 0.3) is 0 Å². The van der Waals surface area contributed by atoms with E-state index in [2.05, 4.69) is 10.9 Å². The quantitative estimate of drug-likeness (QED) is 0.558. The van der Waals surface area contributed by atoms with Gasteiger partial charge in [-0.1, -0.05) is 12.0 Å². The maximum Gasteiger partial charge on any atom is 0.112 e. The van der Waals surface area contributed by atoms with Crippen molar-refractivity contribution in [2.24, 2.45) is 0 Å². The van der Waals surface area contributed by atoms with E-state index in [4.69, 9.17) is 6.42 Å². The van der Waals surface area contributed by atoms with E-state index in [1.165, 1.54) is 0 Å². The second-order valence-corrected chi connectivity index (χ2v) is 1.36. The molecule has 0 aromatic carbocycles. The molecule has 0 fully saturated rings. The van der Waals surface area contributed by atoms with E-state index < -0.39 is 0 Å². The lowest BCUT2D eigenvalue weighted by atomic mass is 10.4. The normalized spacial score (nSPS) is 7.00. The lowest BCUT2D eigenvalue weighted by Gasteiger charge is -1.81. The topological polar surface area (TPSA) is 12.9 Å². The van der Waals surface area contributed by atoms with Crippen molar-refractivity contribution in [2.45, 2.75) is 0 Å². The SMILES string of the molecule is Br.C#Cc1ccccn1. The van der Waals surface area contributed by atoms with Gasteiger partial charge in [0, 0.05) is 6.20 Å². The van der Waals surface area contributed by atoms with E-state index in [1.54, 1.807) is 12.3 Å². The predicted octanol–water partition coefficient (Wildman–Crippen LogP) is 1.64. The Morgan fingerprint density at radius 2 is 2.22 bits per heavy atom. The number of terminal acetylenes is 1. The monoisotopic (exact) mass is 183 g/mol. The maximum absolute atomic E-state index is 5.04. The third kappa shape index (κ3) is 2.29. The van der Waals surface area contributed by atoms with Crippen molar-refractivity contribution in [3.8, 4) is 12.3 Å². The van der Waals surface area contributed by atoms with Gasteiger partial charge in [-0.05, 0) is 12.1 Å². The Balaban J connectivity index is 0.000000640. The zero-order valence-electron chi connectivity index (χ0n) is 4.74. The van der Waals surface area contributed by atoms with Gasteiger partial charge >= 0.3 is 0 Å². The van der Waals surface area contributed by atoms with Crippen LogP contribution in [0, 0.1) is 12.3 Å². The van der Waals surface area contributed by atoms with Gasteiger partial charge in [-0.2, -0.15) is 0 Å². The van der Waals surface area contributed by atoms with Gasteiger partial charge in [0.2, 0.25) is 0 Å². The molecule has 9 heavy (non-hydrogen) atoms. The molecule has 0 bridgehead atoms. The zero-order valence-corrected chi connectivity index (χ0v) is 6.46. The average Bonchev–Trinajstić information content (AvgIpc) is 1.90. The lowest BCUT2D eigenvalue weighted by molar-refractivity contribution is 1.29. The molecule has 1 rings (SSSR count). The third-order valence-electron chi connectivity index (χ3n) is 0.813. The number of hydrogen-bond donors (Lipinski definition) is 0. The molecule has 0 amide bonds. The molecule has 0 unspecified atom stereocenters. The maximum atomic E-state index is 5.04. The number of pyridine rings is 1. The first-order valence-electron chi connectivity index (χ1n) is 2.31. The van der Waals surface area contributed by atoms with Gasteiger partial charge in [0.05, 0.1) is 0 Å². The molecule has 0 aliphatic rings. The van der Waals surface area contributed by atoms with Crippen molar-refractivity contribution >= 4 is 17.0 Å². The Labute approximate surface area is 64.9 Å². The van der Waals surface area contributed by atoms with E-state index in [-0.39, 0.29) is 17.0 Å². The summed E-state index contributed by atoms with van der Waals surface area (Å²) in [6.45, 7) is 0. The minimum atomic E-state index is 0. The third-order valence-corrected chi connectivity index (χ3v) is 0.813. The highest BCUT2D eigenvalue weighted by Crippen LogP contribution is 1.86. The molecule has 0 saturated carbocycles. The van der Waals surface area contributed by atoms with Crippen molar-refractivity contribution < 1.29 is 0 Å². The fraction of sp³-hybridized carbons (Fsp3) is 0. The Morgan fingerprint density at radius 1 is 1.44 bits per heavy atom. The first kappa shape index (κ1) is 8.19. The second-order valence-electron chi connectivity index (χ2n) is 1.36. The molecule has 1 aromatic rings. The lowest BCUT2D eigenvalue weighted by Crippen LogP contribution is -1.75. The van der Waals surface area contributed by atoms with Crippen molar-refractivity contribution in [1.82, 2.24) is 4.98 Å². The predicted molar refractivity (Wildman–Crippen MR) is 42.5 cm³/mol. The highest BCUT2D eigenvalue weighted by molar-refractivity contribution is 8.93. The summed E-state index contributed by atoms with van der Waals surface area (Å²) in [5.41, 5.74) is 0.688. The average molecular weight is 184 g/mol. The molecule has 2 heteroatoms. The molecular formula is C7H6BrN. The molecule has 0 saturated heterocycles. The molecule has 0 radical (unpaired) electrons. The fourth-order valence-electron chi connectivity index (χ4n) is 0.448. The highest BCUT2D eigenvalue weighted by Gasteiger charge is 1.78. The van der Waals surface area contributed by atoms with Gasteiger partial charge in [0.15, 0.2) is 0 Å². The van der Waals surface area contributed by atoms with Crippen LogP contribution in [-0.2, 0) is 0 Å². The smallest absolute Gasteiger partial charge is 0.112 e. The summed E-state index contributed by atoms with van der Waals surface area (Å²) in [7, 11) is 0. The van der Waals surface area contributed by atoms with Crippen LogP contribution in [0.15, 0.2) is 24.4 Å². The summed E-state index contributed by atoms with van der Waals surface area (Å²) >= 11 is 0. The number of nitrogens with zero attached hydrogens (tertiary/aromatic N) is 1. The highest BCUT2D eigenvalue weighted by atomic mass is 79.9. The first-order valence-corrected chi connectivity index (χ1v) is 2.31. The largest absolute Gasteiger partial charge is 0.248 e. The minimum Gasteiger partial charge on any atom is -0.248 e. The van der Waals surface area contributed by atoms with Crippen molar-refractivity contribution in [2.75, 3.05) is 0 Å².